The molecular weight excluding hydrogens is 382 g/mol. The van der Waals surface area contributed by atoms with Gasteiger partial charge in [-0.15, -0.1) is 0 Å². The van der Waals surface area contributed by atoms with Crippen LogP contribution in [0.15, 0.2) is 78.9 Å². The van der Waals surface area contributed by atoms with E-state index in [1.54, 1.807) is 12.1 Å². The Balaban J connectivity index is 1.30. The molecule has 148 valence electrons. The molecule has 1 fully saturated rings. The lowest BCUT2D eigenvalue weighted by Crippen LogP contribution is -2.45. The molecule has 29 heavy (non-hydrogen) atoms. The van der Waals surface area contributed by atoms with Gasteiger partial charge in [-0.3, -0.25) is 9.69 Å². The largest absolute Gasteiger partial charge is 0.369 e. The van der Waals surface area contributed by atoms with Gasteiger partial charge in [-0.05, 0) is 48.0 Å². The van der Waals surface area contributed by atoms with Crippen molar-refractivity contribution >= 4 is 28.9 Å². The lowest BCUT2D eigenvalue weighted by atomic mass is 10.1. The van der Waals surface area contributed by atoms with Gasteiger partial charge in [0.05, 0.1) is 0 Å². The Morgan fingerprint density at radius 3 is 2.28 bits per heavy atom. The van der Waals surface area contributed by atoms with E-state index in [-0.39, 0.29) is 5.91 Å². The topological polar surface area (TPSA) is 35.6 Å². The van der Waals surface area contributed by atoms with Gasteiger partial charge in [-0.25, -0.2) is 0 Å². The van der Waals surface area contributed by atoms with Crippen molar-refractivity contribution < 1.29 is 4.79 Å². The monoisotopic (exact) mass is 405 g/mol. The van der Waals surface area contributed by atoms with Crippen LogP contribution in [0.2, 0.25) is 5.02 Å². The summed E-state index contributed by atoms with van der Waals surface area (Å²) in [4.78, 5) is 17.3. The molecule has 5 heteroatoms. The maximum absolute atomic E-state index is 12.4. The second kappa shape index (κ2) is 9.12. The van der Waals surface area contributed by atoms with Crippen LogP contribution in [0, 0.1) is 0 Å². The average Bonchev–Trinajstić information content (AvgIpc) is 2.75. The fraction of sp³-hybridized carbons (Fsp3) is 0.208. The molecule has 1 heterocycles. The summed E-state index contributed by atoms with van der Waals surface area (Å²) in [5.74, 6) is -0.129. The molecule has 4 rings (SSSR count). The SMILES string of the molecule is O=C(Nc1cccc(Cl)c1)c1ccc(CN2CCN(c3ccccc3)CC2)cc1. The number of carbonyl (C=O) groups excluding carboxylic acids is 1. The third-order valence-corrected chi connectivity index (χ3v) is 5.43. The third-order valence-electron chi connectivity index (χ3n) is 5.20. The molecule has 4 nitrogen and oxygen atoms in total. The maximum atomic E-state index is 12.4. The van der Waals surface area contributed by atoms with E-state index in [0.717, 1.165) is 32.7 Å². The smallest absolute Gasteiger partial charge is 0.255 e. The minimum absolute atomic E-state index is 0.129. The van der Waals surface area contributed by atoms with Crippen molar-refractivity contribution in [3.63, 3.8) is 0 Å². The van der Waals surface area contributed by atoms with Crippen LogP contribution in [0.4, 0.5) is 11.4 Å². The Kier molecular flexibility index (Phi) is 6.13. The second-order valence-corrected chi connectivity index (χ2v) is 7.70. The number of rotatable bonds is 5. The van der Waals surface area contributed by atoms with Crippen LogP contribution in [0.1, 0.15) is 15.9 Å². The van der Waals surface area contributed by atoms with E-state index in [0.29, 0.717) is 16.3 Å². The first-order chi connectivity index (χ1) is 14.2. The van der Waals surface area contributed by atoms with E-state index >= 15 is 0 Å². The molecule has 0 bridgehead atoms. The highest BCUT2D eigenvalue weighted by Crippen LogP contribution is 2.18. The summed E-state index contributed by atoms with van der Waals surface area (Å²) in [5.41, 5.74) is 3.85. The third kappa shape index (κ3) is 5.17. The van der Waals surface area contributed by atoms with Crippen molar-refractivity contribution in [2.75, 3.05) is 36.4 Å². The van der Waals surface area contributed by atoms with Crippen molar-refractivity contribution in [2.45, 2.75) is 6.54 Å². The summed E-state index contributed by atoms with van der Waals surface area (Å²) in [6, 6.07) is 25.6. The number of nitrogens with one attached hydrogen (secondary N) is 1. The van der Waals surface area contributed by atoms with Gasteiger partial charge in [0.25, 0.3) is 5.91 Å². The molecule has 0 aromatic heterocycles. The first kappa shape index (κ1) is 19.5. The predicted molar refractivity (Wildman–Crippen MR) is 120 cm³/mol. The number of hydrogen-bond acceptors (Lipinski definition) is 3. The van der Waals surface area contributed by atoms with Gasteiger partial charge in [0.1, 0.15) is 0 Å². The van der Waals surface area contributed by atoms with Gasteiger partial charge in [-0.1, -0.05) is 48.0 Å². The highest BCUT2D eigenvalue weighted by atomic mass is 35.5. The van der Waals surface area contributed by atoms with Crippen molar-refractivity contribution in [1.82, 2.24) is 4.90 Å². The number of para-hydroxylation sites is 1. The molecule has 0 radical (unpaired) electrons. The van der Waals surface area contributed by atoms with E-state index in [1.165, 1.54) is 11.3 Å². The van der Waals surface area contributed by atoms with Crippen LogP contribution < -0.4 is 10.2 Å². The van der Waals surface area contributed by atoms with Crippen LogP contribution in [-0.4, -0.2) is 37.0 Å². The van der Waals surface area contributed by atoms with Crippen molar-refractivity contribution in [3.8, 4) is 0 Å². The number of piperazine rings is 1. The number of nitrogens with zero attached hydrogens (tertiary/aromatic N) is 2. The van der Waals surface area contributed by atoms with Crippen molar-refractivity contribution in [2.24, 2.45) is 0 Å². The zero-order valence-corrected chi connectivity index (χ0v) is 17.0. The Morgan fingerprint density at radius 1 is 0.862 bits per heavy atom. The first-order valence-corrected chi connectivity index (χ1v) is 10.2. The molecule has 0 atom stereocenters. The predicted octanol–water partition coefficient (Wildman–Crippen LogP) is 4.91. The fourth-order valence-corrected chi connectivity index (χ4v) is 3.78. The number of amides is 1. The van der Waals surface area contributed by atoms with Crippen molar-refractivity contribution in [1.29, 1.82) is 0 Å². The number of carbonyl (C=O) groups is 1. The zero-order valence-electron chi connectivity index (χ0n) is 16.2. The molecule has 0 spiro atoms. The molecule has 1 amide bonds. The minimum Gasteiger partial charge on any atom is -0.369 e. The normalized spacial score (nSPS) is 14.6. The van der Waals surface area contributed by atoms with E-state index in [9.17, 15) is 4.79 Å². The fourth-order valence-electron chi connectivity index (χ4n) is 3.59. The van der Waals surface area contributed by atoms with Crippen LogP contribution in [0.3, 0.4) is 0 Å². The molecular formula is C24H24ClN3O. The van der Waals surface area contributed by atoms with Crippen LogP contribution >= 0.6 is 11.6 Å². The highest BCUT2D eigenvalue weighted by Gasteiger charge is 2.17. The summed E-state index contributed by atoms with van der Waals surface area (Å²) >= 11 is 5.97. The van der Waals surface area contributed by atoms with Gasteiger partial charge in [-0.2, -0.15) is 0 Å². The van der Waals surface area contributed by atoms with Gasteiger partial charge < -0.3 is 10.2 Å². The second-order valence-electron chi connectivity index (χ2n) is 7.26. The summed E-state index contributed by atoms with van der Waals surface area (Å²) in [6.07, 6.45) is 0. The van der Waals surface area contributed by atoms with E-state index in [2.05, 4.69) is 45.4 Å². The Hall–Kier alpha value is -2.82. The number of anilines is 2. The summed E-state index contributed by atoms with van der Waals surface area (Å²) in [7, 11) is 0. The molecule has 0 saturated carbocycles. The molecule has 3 aromatic carbocycles. The number of benzene rings is 3. The lowest BCUT2D eigenvalue weighted by molar-refractivity contribution is 0.102. The van der Waals surface area contributed by atoms with Crippen LogP contribution in [-0.2, 0) is 6.54 Å². The molecule has 3 aromatic rings. The lowest BCUT2D eigenvalue weighted by Gasteiger charge is -2.36. The Morgan fingerprint density at radius 2 is 1.59 bits per heavy atom. The first-order valence-electron chi connectivity index (χ1n) is 9.85. The minimum atomic E-state index is -0.129. The Labute approximate surface area is 176 Å². The van der Waals surface area contributed by atoms with Gasteiger partial charge in [0, 0.05) is 54.7 Å². The zero-order chi connectivity index (χ0) is 20.1. The molecule has 1 aliphatic heterocycles. The summed E-state index contributed by atoms with van der Waals surface area (Å²) in [5, 5.41) is 3.48. The maximum Gasteiger partial charge on any atom is 0.255 e. The summed E-state index contributed by atoms with van der Waals surface area (Å²) in [6.45, 7) is 5.03. The van der Waals surface area contributed by atoms with Gasteiger partial charge >= 0.3 is 0 Å². The van der Waals surface area contributed by atoms with Crippen molar-refractivity contribution in [3.05, 3.63) is 95.0 Å². The molecule has 0 unspecified atom stereocenters. The molecule has 1 N–H and O–H groups in total. The standard InChI is InChI=1S/C24H24ClN3O/c25-21-5-4-6-22(17-21)26-24(29)20-11-9-19(10-12-20)18-27-13-15-28(16-14-27)23-7-2-1-3-8-23/h1-12,17H,13-16,18H2,(H,26,29). The highest BCUT2D eigenvalue weighted by molar-refractivity contribution is 6.30. The average molecular weight is 406 g/mol. The van der Waals surface area contributed by atoms with E-state index in [4.69, 9.17) is 11.6 Å². The van der Waals surface area contributed by atoms with Gasteiger partial charge in [0.2, 0.25) is 0 Å². The van der Waals surface area contributed by atoms with E-state index in [1.807, 2.05) is 36.4 Å². The van der Waals surface area contributed by atoms with Gasteiger partial charge in [0.15, 0.2) is 0 Å². The van der Waals surface area contributed by atoms with Crippen LogP contribution in [0.5, 0.6) is 0 Å². The molecule has 0 aliphatic carbocycles. The Bertz CT molecular complexity index is 951. The molecule has 1 saturated heterocycles. The number of halogens is 1. The van der Waals surface area contributed by atoms with Crippen LogP contribution in [0.25, 0.3) is 0 Å². The van der Waals surface area contributed by atoms with E-state index < -0.39 is 0 Å². The quantitative estimate of drug-likeness (QED) is 0.654. The summed E-state index contributed by atoms with van der Waals surface area (Å²) < 4.78 is 0. The molecule has 1 aliphatic rings. The number of hydrogen-bond donors (Lipinski definition) is 1.